The molecule has 0 unspecified atom stereocenters. The molecule has 1 rings (SSSR count). The molecule has 1 N–H and O–H groups in total. The lowest BCUT2D eigenvalue weighted by Crippen LogP contribution is -2.00. The number of hydrogen-bond acceptors (Lipinski definition) is 2. The Bertz CT molecular complexity index is 377. The minimum atomic E-state index is -2.79. The van der Waals surface area contributed by atoms with Crippen LogP contribution in [0.25, 0.3) is 0 Å². The van der Waals surface area contributed by atoms with Crippen LogP contribution in [0.5, 0.6) is 5.75 Å². The van der Waals surface area contributed by atoms with Crippen LogP contribution in [-0.4, -0.2) is 10.9 Å². The first kappa shape index (κ1) is 10.9. The number of aromatic hydroxyl groups is 1. The van der Waals surface area contributed by atoms with E-state index in [1.165, 1.54) is 0 Å². The molecule has 0 atom stereocenters. The van der Waals surface area contributed by atoms with Crippen LogP contribution in [0.1, 0.15) is 29.3 Å². The second kappa shape index (κ2) is 3.92. The molecule has 14 heavy (non-hydrogen) atoms. The number of rotatable bonds is 2. The molecule has 0 fully saturated rings. The van der Waals surface area contributed by atoms with E-state index in [-0.39, 0.29) is 16.3 Å². The van der Waals surface area contributed by atoms with Gasteiger partial charge in [0.2, 0.25) is 0 Å². The number of alkyl halides is 2. The molecule has 0 bridgehead atoms. The van der Waals surface area contributed by atoms with E-state index in [0.717, 1.165) is 19.1 Å². The molecule has 0 aliphatic rings. The Morgan fingerprint density at radius 2 is 2.07 bits per heavy atom. The van der Waals surface area contributed by atoms with Crippen molar-refractivity contribution in [2.45, 2.75) is 13.3 Å². The molecular weight excluding hydrogens is 214 g/mol. The molecule has 0 aliphatic carbocycles. The van der Waals surface area contributed by atoms with Crippen LogP contribution in [0.4, 0.5) is 8.78 Å². The normalized spacial score (nSPS) is 10.6. The highest BCUT2D eigenvalue weighted by atomic mass is 35.5. The van der Waals surface area contributed by atoms with Crippen molar-refractivity contribution in [1.29, 1.82) is 0 Å². The summed E-state index contributed by atoms with van der Waals surface area (Å²) in [6.07, 6.45) is -2.79. The van der Waals surface area contributed by atoms with Crippen LogP contribution >= 0.6 is 11.6 Å². The lowest BCUT2D eigenvalue weighted by Gasteiger charge is -2.07. The van der Waals surface area contributed by atoms with E-state index in [1.807, 2.05) is 0 Å². The van der Waals surface area contributed by atoms with E-state index < -0.39 is 17.8 Å². The lowest BCUT2D eigenvalue weighted by atomic mass is 10.0. The Hall–Kier alpha value is -1.16. The Balaban J connectivity index is 3.39. The van der Waals surface area contributed by atoms with Gasteiger partial charge < -0.3 is 5.11 Å². The molecule has 0 heterocycles. The highest BCUT2D eigenvalue weighted by molar-refractivity contribution is 6.32. The van der Waals surface area contributed by atoms with Gasteiger partial charge in [0.05, 0.1) is 5.02 Å². The fourth-order valence-electron chi connectivity index (χ4n) is 1.06. The predicted molar refractivity (Wildman–Crippen MR) is 48.1 cm³/mol. The van der Waals surface area contributed by atoms with Crippen LogP contribution in [0.15, 0.2) is 12.1 Å². The van der Waals surface area contributed by atoms with Gasteiger partial charge in [-0.3, -0.25) is 4.79 Å². The molecule has 0 saturated carbocycles. The second-order valence-electron chi connectivity index (χ2n) is 2.75. The number of phenolic OH excluding ortho intramolecular Hbond substituents is 1. The smallest absolute Gasteiger partial charge is 0.264 e. The quantitative estimate of drug-likeness (QED) is 0.778. The summed E-state index contributed by atoms with van der Waals surface area (Å²) in [5.74, 6) is -0.909. The second-order valence-corrected chi connectivity index (χ2v) is 3.15. The lowest BCUT2D eigenvalue weighted by molar-refractivity contribution is 0.0998. The van der Waals surface area contributed by atoms with Crippen LogP contribution in [-0.2, 0) is 0 Å². The van der Waals surface area contributed by atoms with Gasteiger partial charge >= 0.3 is 0 Å². The molecule has 0 amide bonds. The molecular formula is C9H7ClF2O2. The van der Waals surface area contributed by atoms with Gasteiger partial charge in [-0.15, -0.1) is 0 Å². The number of benzene rings is 1. The van der Waals surface area contributed by atoms with Crippen LogP contribution in [0, 0.1) is 0 Å². The maximum absolute atomic E-state index is 12.4. The fraction of sp³-hybridized carbons (Fsp3) is 0.222. The summed E-state index contributed by atoms with van der Waals surface area (Å²) >= 11 is 5.44. The molecule has 0 saturated heterocycles. The van der Waals surface area contributed by atoms with Crippen molar-refractivity contribution < 1.29 is 18.7 Å². The summed E-state index contributed by atoms with van der Waals surface area (Å²) in [7, 11) is 0. The molecule has 1 aromatic carbocycles. The summed E-state index contributed by atoms with van der Waals surface area (Å²) in [6, 6.07) is 1.85. The third kappa shape index (κ3) is 2.01. The van der Waals surface area contributed by atoms with Gasteiger partial charge in [-0.1, -0.05) is 11.6 Å². The average Bonchev–Trinajstić information content (AvgIpc) is 2.08. The average molecular weight is 221 g/mol. The van der Waals surface area contributed by atoms with Crippen molar-refractivity contribution in [2.24, 2.45) is 0 Å². The maximum Gasteiger partial charge on any atom is 0.264 e. The highest BCUT2D eigenvalue weighted by Gasteiger charge is 2.18. The minimum Gasteiger partial charge on any atom is -0.506 e. The van der Waals surface area contributed by atoms with Crippen molar-refractivity contribution >= 4 is 17.4 Å². The first-order valence-corrected chi connectivity index (χ1v) is 4.12. The standard InChI is InChI=1S/C9H7ClF2O2/c1-4(13)5-3-8(14)7(10)2-6(5)9(11)12/h2-3,9,14H,1H3. The van der Waals surface area contributed by atoms with Gasteiger partial charge in [-0.2, -0.15) is 0 Å². The third-order valence-corrected chi connectivity index (χ3v) is 2.04. The summed E-state index contributed by atoms with van der Waals surface area (Å²) in [4.78, 5) is 10.9. The largest absolute Gasteiger partial charge is 0.506 e. The molecule has 2 nitrogen and oxygen atoms in total. The zero-order valence-electron chi connectivity index (χ0n) is 7.22. The van der Waals surface area contributed by atoms with Crippen LogP contribution in [0.2, 0.25) is 5.02 Å². The summed E-state index contributed by atoms with van der Waals surface area (Å²) in [6.45, 7) is 1.15. The van der Waals surface area contributed by atoms with E-state index in [4.69, 9.17) is 16.7 Å². The first-order valence-electron chi connectivity index (χ1n) is 3.75. The van der Waals surface area contributed by atoms with Crippen molar-refractivity contribution in [3.63, 3.8) is 0 Å². The van der Waals surface area contributed by atoms with Crippen LogP contribution in [0.3, 0.4) is 0 Å². The third-order valence-electron chi connectivity index (χ3n) is 1.73. The Morgan fingerprint density at radius 3 is 2.50 bits per heavy atom. The number of halogens is 3. The van der Waals surface area contributed by atoms with Crippen molar-refractivity contribution in [1.82, 2.24) is 0 Å². The van der Waals surface area contributed by atoms with E-state index in [9.17, 15) is 13.6 Å². The van der Waals surface area contributed by atoms with Gasteiger partial charge in [0.1, 0.15) is 5.75 Å². The van der Waals surface area contributed by atoms with Gasteiger partial charge in [0, 0.05) is 11.1 Å². The SMILES string of the molecule is CC(=O)c1cc(O)c(Cl)cc1C(F)F. The Kier molecular flexibility index (Phi) is 3.06. The Morgan fingerprint density at radius 1 is 1.50 bits per heavy atom. The number of ketones is 1. The first-order chi connectivity index (χ1) is 6.43. The van der Waals surface area contributed by atoms with E-state index >= 15 is 0 Å². The predicted octanol–water partition coefficient (Wildman–Crippen LogP) is 3.19. The zero-order chi connectivity index (χ0) is 10.9. The maximum atomic E-state index is 12.4. The fourth-order valence-corrected chi connectivity index (χ4v) is 1.23. The van der Waals surface area contributed by atoms with Gasteiger partial charge in [-0.25, -0.2) is 8.78 Å². The summed E-state index contributed by atoms with van der Waals surface area (Å²) < 4.78 is 24.8. The molecule has 0 radical (unpaired) electrons. The van der Waals surface area contributed by atoms with Crippen molar-refractivity contribution in [3.05, 3.63) is 28.3 Å². The number of hydrogen-bond donors (Lipinski definition) is 1. The number of Topliss-reactive ketones (excluding diaryl/α,β-unsaturated/α-hetero) is 1. The topological polar surface area (TPSA) is 37.3 Å². The molecule has 5 heteroatoms. The molecule has 0 spiro atoms. The summed E-state index contributed by atoms with van der Waals surface area (Å²) in [5.41, 5.74) is -0.665. The van der Waals surface area contributed by atoms with Crippen molar-refractivity contribution in [2.75, 3.05) is 0 Å². The minimum absolute atomic E-state index is 0.190. The van der Waals surface area contributed by atoms with E-state index in [2.05, 4.69) is 0 Å². The van der Waals surface area contributed by atoms with E-state index in [0.29, 0.717) is 0 Å². The number of carbonyl (C=O) groups is 1. The van der Waals surface area contributed by atoms with Crippen LogP contribution < -0.4 is 0 Å². The van der Waals surface area contributed by atoms with Gasteiger partial charge in [0.15, 0.2) is 5.78 Å². The molecule has 76 valence electrons. The van der Waals surface area contributed by atoms with Crippen molar-refractivity contribution in [3.8, 4) is 5.75 Å². The van der Waals surface area contributed by atoms with E-state index in [1.54, 1.807) is 0 Å². The highest BCUT2D eigenvalue weighted by Crippen LogP contribution is 2.32. The van der Waals surface area contributed by atoms with Gasteiger partial charge in [-0.05, 0) is 19.1 Å². The molecule has 0 aliphatic heterocycles. The van der Waals surface area contributed by atoms with Gasteiger partial charge in [0.25, 0.3) is 6.43 Å². The monoisotopic (exact) mass is 220 g/mol. The summed E-state index contributed by atoms with van der Waals surface area (Å²) in [5, 5.41) is 8.94. The zero-order valence-corrected chi connectivity index (χ0v) is 7.98. The number of phenols is 1. The molecule has 1 aromatic rings. The Labute approximate surface area is 84.1 Å². The number of carbonyl (C=O) groups excluding carboxylic acids is 1. The molecule has 0 aromatic heterocycles.